The zero-order valence-corrected chi connectivity index (χ0v) is 10.3. The van der Waals surface area contributed by atoms with Gasteiger partial charge in [-0.05, 0) is 42.8 Å². The molecule has 0 radical (unpaired) electrons. The fourth-order valence-electron chi connectivity index (χ4n) is 1.79. The molecule has 0 bridgehead atoms. The van der Waals surface area contributed by atoms with E-state index in [4.69, 9.17) is 4.74 Å². The summed E-state index contributed by atoms with van der Waals surface area (Å²) in [5.41, 5.74) is 2.37. The number of Topliss-reactive ketones (excluding diaryl/α,β-unsaturated/α-hetero) is 1. The van der Waals surface area contributed by atoms with Crippen molar-refractivity contribution in [3.63, 3.8) is 0 Å². The highest BCUT2D eigenvalue weighted by molar-refractivity contribution is 5.96. The van der Waals surface area contributed by atoms with E-state index in [2.05, 4.69) is 0 Å². The van der Waals surface area contributed by atoms with Crippen molar-refractivity contribution in [2.24, 2.45) is 0 Å². The van der Waals surface area contributed by atoms with Gasteiger partial charge >= 0.3 is 0 Å². The highest BCUT2D eigenvalue weighted by Crippen LogP contribution is 2.31. The van der Waals surface area contributed by atoms with E-state index in [9.17, 15) is 9.90 Å². The van der Waals surface area contributed by atoms with Crippen molar-refractivity contribution >= 4 is 5.78 Å². The number of rotatable bonds is 3. The number of carbonyl (C=O) groups is 1. The van der Waals surface area contributed by atoms with Crippen LogP contribution in [-0.2, 0) is 0 Å². The normalized spacial score (nSPS) is 10.1. The van der Waals surface area contributed by atoms with Crippen LogP contribution in [0.3, 0.4) is 0 Å². The molecule has 0 aliphatic rings. The van der Waals surface area contributed by atoms with Crippen LogP contribution in [0.5, 0.6) is 11.5 Å². The summed E-state index contributed by atoms with van der Waals surface area (Å²) in [4.78, 5) is 11.4. The first kappa shape index (κ1) is 12.2. The second-order valence-electron chi connectivity index (χ2n) is 4.02. The molecular formula is C15H14O3. The van der Waals surface area contributed by atoms with Crippen molar-refractivity contribution in [1.29, 1.82) is 0 Å². The molecule has 0 amide bonds. The smallest absolute Gasteiger partial charge is 0.159 e. The number of aromatic hydroxyl groups is 1. The summed E-state index contributed by atoms with van der Waals surface area (Å²) in [7, 11) is 1.59. The molecule has 0 aliphatic carbocycles. The highest BCUT2D eigenvalue weighted by Gasteiger charge is 2.09. The van der Waals surface area contributed by atoms with Gasteiger partial charge in [0, 0.05) is 11.1 Å². The number of benzene rings is 2. The van der Waals surface area contributed by atoms with Crippen LogP contribution in [0.15, 0.2) is 42.5 Å². The van der Waals surface area contributed by atoms with E-state index in [1.807, 2.05) is 0 Å². The summed E-state index contributed by atoms with van der Waals surface area (Å²) in [6.07, 6.45) is 0. The number of carbonyl (C=O) groups excluding carboxylic acids is 1. The van der Waals surface area contributed by atoms with Crippen molar-refractivity contribution in [2.45, 2.75) is 6.92 Å². The molecule has 3 nitrogen and oxygen atoms in total. The molecule has 2 aromatic rings. The Bertz CT molecular complexity index is 571. The fraction of sp³-hybridized carbons (Fsp3) is 0.133. The molecule has 0 aromatic heterocycles. The van der Waals surface area contributed by atoms with Gasteiger partial charge in [-0.3, -0.25) is 4.79 Å². The van der Waals surface area contributed by atoms with Crippen molar-refractivity contribution in [2.75, 3.05) is 7.11 Å². The van der Waals surface area contributed by atoms with Crippen LogP contribution in [0, 0.1) is 0 Å². The van der Waals surface area contributed by atoms with Crippen LogP contribution in [0.2, 0.25) is 0 Å². The van der Waals surface area contributed by atoms with Gasteiger partial charge in [0.25, 0.3) is 0 Å². The third-order valence-electron chi connectivity index (χ3n) is 2.78. The van der Waals surface area contributed by atoms with Crippen molar-refractivity contribution in [3.8, 4) is 22.6 Å². The van der Waals surface area contributed by atoms with Crippen LogP contribution < -0.4 is 4.74 Å². The summed E-state index contributed by atoms with van der Waals surface area (Å²) in [5.74, 6) is 0.920. The Morgan fingerprint density at radius 3 is 2.33 bits per heavy atom. The molecule has 0 spiro atoms. The first-order chi connectivity index (χ1) is 8.61. The highest BCUT2D eigenvalue weighted by atomic mass is 16.5. The molecule has 0 fully saturated rings. The number of ketones is 1. The Morgan fingerprint density at radius 1 is 1.11 bits per heavy atom. The van der Waals surface area contributed by atoms with Gasteiger partial charge in [-0.1, -0.05) is 12.1 Å². The minimum absolute atomic E-state index is 0.0117. The number of methoxy groups -OCH3 is 1. The molecule has 0 saturated carbocycles. The molecule has 2 aromatic carbocycles. The van der Waals surface area contributed by atoms with E-state index in [-0.39, 0.29) is 11.5 Å². The van der Waals surface area contributed by atoms with E-state index in [1.54, 1.807) is 49.6 Å². The molecule has 0 heterocycles. The SMILES string of the molecule is COc1ccc(C(C)=O)cc1-c1ccc(O)cc1. The number of ether oxygens (including phenoxy) is 1. The predicted molar refractivity (Wildman–Crippen MR) is 70.1 cm³/mol. The molecule has 1 N–H and O–H groups in total. The lowest BCUT2D eigenvalue weighted by Gasteiger charge is -2.10. The Balaban J connectivity index is 2.56. The maximum absolute atomic E-state index is 11.4. The first-order valence-electron chi connectivity index (χ1n) is 5.60. The molecule has 2 rings (SSSR count). The number of hydrogen-bond acceptors (Lipinski definition) is 3. The van der Waals surface area contributed by atoms with Crippen LogP contribution >= 0.6 is 0 Å². The molecule has 3 heteroatoms. The summed E-state index contributed by atoms with van der Waals surface area (Å²) < 4.78 is 5.29. The van der Waals surface area contributed by atoms with E-state index in [0.29, 0.717) is 11.3 Å². The summed E-state index contributed by atoms with van der Waals surface area (Å²) in [5, 5.41) is 9.29. The topological polar surface area (TPSA) is 46.5 Å². The summed E-state index contributed by atoms with van der Waals surface area (Å²) >= 11 is 0. The minimum Gasteiger partial charge on any atom is -0.508 e. The lowest BCUT2D eigenvalue weighted by atomic mass is 10.0. The molecule has 0 atom stereocenters. The molecule has 0 saturated heterocycles. The van der Waals surface area contributed by atoms with E-state index in [0.717, 1.165) is 11.1 Å². The Hall–Kier alpha value is -2.29. The van der Waals surface area contributed by atoms with E-state index < -0.39 is 0 Å². The first-order valence-corrected chi connectivity index (χ1v) is 5.60. The lowest BCUT2D eigenvalue weighted by Crippen LogP contribution is -1.95. The Morgan fingerprint density at radius 2 is 1.78 bits per heavy atom. The van der Waals surface area contributed by atoms with Crippen molar-refractivity contribution in [3.05, 3.63) is 48.0 Å². The molecule has 0 aliphatic heterocycles. The molecule has 92 valence electrons. The number of phenols is 1. The molecule has 18 heavy (non-hydrogen) atoms. The second-order valence-corrected chi connectivity index (χ2v) is 4.02. The maximum Gasteiger partial charge on any atom is 0.159 e. The van der Waals surface area contributed by atoms with Gasteiger partial charge in [-0.25, -0.2) is 0 Å². The lowest BCUT2D eigenvalue weighted by molar-refractivity contribution is 0.101. The van der Waals surface area contributed by atoms with Gasteiger partial charge in [0.15, 0.2) is 5.78 Å². The monoisotopic (exact) mass is 242 g/mol. The molecular weight excluding hydrogens is 228 g/mol. The quantitative estimate of drug-likeness (QED) is 0.840. The predicted octanol–water partition coefficient (Wildman–Crippen LogP) is 3.27. The average molecular weight is 242 g/mol. The van der Waals surface area contributed by atoms with E-state index in [1.165, 1.54) is 6.92 Å². The van der Waals surface area contributed by atoms with Crippen molar-refractivity contribution < 1.29 is 14.6 Å². The maximum atomic E-state index is 11.4. The Labute approximate surface area is 106 Å². The van der Waals surface area contributed by atoms with Crippen LogP contribution in [-0.4, -0.2) is 18.0 Å². The molecule has 0 unspecified atom stereocenters. The Kier molecular flexibility index (Phi) is 3.33. The second kappa shape index (κ2) is 4.92. The van der Waals surface area contributed by atoms with Crippen LogP contribution in [0.1, 0.15) is 17.3 Å². The van der Waals surface area contributed by atoms with Gasteiger partial charge in [0.2, 0.25) is 0 Å². The van der Waals surface area contributed by atoms with Crippen LogP contribution in [0.25, 0.3) is 11.1 Å². The zero-order chi connectivity index (χ0) is 13.1. The van der Waals surface area contributed by atoms with Gasteiger partial charge in [0.1, 0.15) is 11.5 Å². The fourth-order valence-corrected chi connectivity index (χ4v) is 1.79. The van der Waals surface area contributed by atoms with Crippen molar-refractivity contribution in [1.82, 2.24) is 0 Å². The average Bonchev–Trinajstić information content (AvgIpc) is 2.39. The third kappa shape index (κ3) is 2.35. The standard InChI is InChI=1S/C15H14O3/c1-10(16)12-5-8-15(18-2)14(9-12)11-3-6-13(17)7-4-11/h3-9,17H,1-2H3. The van der Waals surface area contributed by atoms with Gasteiger partial charge < -0.3 is 9.84 Å². The third-order valence-corrected chi connectivity index (χ3v) is 2.78. The summed E-state index contributed by atoms with van der Waals surface area (Å²) in [6.45, 7) is 1.53. The number of hydrogen-bond donors (Lipinski definition) is 1. The van der Waals surface area contributed by atoms with Gasteiger partial charge in [0.05, 0.1) is 7.11 Å². The zero-order valence-electron chi connectivity index (χ0n) is 10.3. The largest absolute Gasteiger partial charge is 0.508 e. The summed E-state index contributed by atoms with van der Waals surface area (Å²) in [6, 6.07) is 12.1. The van der Waals surface area contributed by atoms with Crippen LogP contribution in [0.4, 0.5) is 0 Å². The van der Waals surface area contributed by atoms with E-state index >= 15 is 0 Å². The number of phenolic OH excluding ortho intramolecular Hbond substituents is 1. The van der Waals surface area contributed by atoms with Gasteiger partial charge in [-0.15, -0.1) is 0 Å². The van der Waals surface area contributed by atoms with Gasteiger partial charge in [-0.2, -0.15) is 0 Å². The minimum atomic E-state index is 0.0117.